The van der Waals surface area contributed by atoms with Crippen LogP contribution in [0.4, 0.5) is 5.69 Å². The van der Waals surface area contributed by atoms with Gasteiger partial charge in [-0.05, 0) is 68.6 Å². The molecular weight excluding hydrogens is 442 g/mol. The van der Waals surface area contributed by atoms with Crippen LogP contribution in [0.25, 0.3) is 0 Å². The number of rotatable bonds is 8. The summed E-state index contributed by atoms with van der Waals surface area (Å²) in [5, 5.41) is 18.5. The molecule has 1 saturated heterocycles. The van der Waals surface area contributed by atoms with Crippen LogP contribution in [0.5, 0.6) is 0 Å². The summed E-state index contributed by atoms with van der Waals surface area (Å²) in [6.07, 6.45) is 5.20. The summed E-state index contributed by atoms with van der Waals surface area (Å²) in [5.74, 6) is -0.128. The zero-order valence-corrected chi connectivity index (χ0v) is 20.5. The number of nitrogens with zero attached hydrogens (tertiary/aromatic N) is 4. The first-order valence-electron chi connectivity index (χ1n) is 12.3. The predicted octanol–water partition coefficient (Wildman–Crippen LogP) is 4.76. The molecule has 2 heterocycles. The van der Waals surface area contributed by atoms with Crippen molar-refractivity contribution < 1.29 is 9.72 Å². The van der Waals surface area contributed by atoms with Crippen LogP contribution in [0.3, 0.4) is 0 Å². The van der Waals surface area contributed by atoms with Gasteiger partial charge in [-0.25, -0.2) is 0 Å². The molecule has 1 N–H and O–H groups in total. The van der Waals surface area contributed by atoms with Gasteiger partial charge in [0.05, 0.1) is 11.5 Å². The quantitative estimate of drug-likeness (QED) is 0.374. The van der Waals surface area contributed by atoms with Crippen molar-refractivity contribution in [1.29, 1.82) is 0 Å². The Morgan fingerprint density at radius 1 is 0.971 bits per heavy atom. The fraction of sp³-hybridized carbons (Fsp3) is 0.407. The van der Waals surface area contributed by atoms with E-state index in [0.29, 0.717) is 30.0 Å². The number of hydrogen-bond acceptors (Lipinski definition) is 5. The number of nitro groups is 1. The fourth-order valence-corrected chi connectivity index (χ4v) is 4.71. The summed E-state index contributed by atoms with van der Waals surface area (Å²) in [6.45, 7) is 7.50. The Morgan fingerprint density at radius 2 is 1.66 bits per heavy atom. The molecule has 1 aromatic heterocycles. The van der Waals surface area contributed by atoms with Crippen LogP contribution in [0.1, 0.15) is 64.1 Å². The molecule has 2 aromatic carbocycles. The lowest BCUT2D eigenvalue weighted by Crippen LogP contribution is -2.24. The fourth-order valence-electron chi connectivity index (χ4n) is 4.71. The Bertz CT molecular complexity index is 1180. The number of carbonyl (C=O) groups excluding carboxylic acids is 1. The molecule has 184 valence electrons. The van der Waals surface area contributed by atoms with E-state index in [9.17, 15) is 14.9 Å². The van der Waals surface area contributed by atoms with Crippen molar-refractivity contribution in [1.82, 2.24) is 20.0 Å². The van der Waals surface area contributed by atoms with Crippen molar-refractivity contribution in [2.24, 2.45) is 0 Å². The topological polar surface area (TPSA) is 93.3 Å². The number of nitrogens with one attached hydrogen (secondary N) is 1. The highest BCUT2D eigenvalue weighted by Crippen LogP contribution is 2.22. The number of likely N-dealkylation sites (tertiary alicyclic amines) is 1. The van der Waals surface area contributed by atoms with Gasteiger partial charge in [0.2, 0.25) is 0 Å². The summed E-state index contributed by atoms with van der Waals surface area (Å²) in [5.41, 5.74) is 4.85. The highest BCUT2D eigenvalue weighted by Gasteiger charge is 2.21. The van der Waals surface area contributed by atoms with Crippen molar-refractivity contribution in [3.63, 3.8) is 0 Å². The first-order valence-corrected chi connectivity index (χ1v) is 12.3. The van der Waals surface area contributed by atoms with E-state index < -0.39 is 4.92 Å². The van der Waals surface area contributed by atoms with Crippen LogP contribution < -0.4 is 5.32 Å². The van der Waals surface area contributed by atoms with E-state index in [4.69, 9.17) is 0 Å². The maximum atomic E-state index is 12.7. The summed E-state index contributed by atoms with van der Waals surface area (Å²) in [7, 11) is 0. The summed E-state index contributed by atoms with van der Waals surface area (Å²) >= 11 is 0. The lowest BCUT2D eigenvalue weighted by Gasteiger charge is -2.20. The molecule has 4 rings (SSSR count). The van der Waals surface area contributed by atoms with Crippen LogP contribution in [0.15, 0.2) is 48.5 Å². The highest BCUT2D eigenvalue weighted by atomic mass is 16.6. The molecule has 0 atom stereocenters. The smallest absolute Gasteiger partial charge is 0.312 e. The zero-order valence-electron chi connectivity index (χ0n) is 20.5. The van der Waals surface area contributed by atoms with Gasteiger partial charge in [0, 0.05) is 18.7 Å². The number of benzene rings is 2. The minimum atomic E-state index is -0.397. The van der Waals surface area contributed by atoms with Gasteiger partial charge in [-0.3, -0.25) is 24.5 Å². The van der Waals surface area contributed by atoms with Crippen LogP contribution in [0, 0.1) is 24.0 Å². The van der Waals surface area contributed by atoms with Gasteiger partial charge in [0.25, 0.3) is 5.91 Å². The molecular formula is C27H33N5O3. The SMILES string of the molecule is Cc1nn(Cc2ccc(C(=O)NCc3cccc(CN4CCCCCC4)c3)cc2)c(C)c1[N+](=O)[O-]. The van der Waals surface area contributed by atoms with Crippen molar-refractivity contribution >= 4 is 11.6 Å². The molecule has 1 fully saturated rings. The van der Waals surface area contributed by atoms with Crippen molar-refractivity contribution in [3.8, 4) is 0 Å². The molecule has 8 nitrogen and oxygen atoms in total. The van der Waals surface area contributed by atoms with Gasteiger partial charge < -0.3 is 5.32 Å². The van der Waals surface area contributed by atoms with E-state index in [1.165, 1.54) is 31.2 Å². The number of amides is 1. The standard InChI is InChI=1S/C27H33N5O3/c1-20-26(32(34)35)21(2)31(29-20)19-22-10-12-25(13-11-22)27(33)28-17-23-8-7-9-24(16-23)18-30-14-5-3-4-6-15-30/h7-13,16H,3-6,14-15,17-19H2,1-2H3,(H,28,33). The number of hydrogen-bond donors (Lipinski definition) is 1. The largest absolute Gasteiger partial charge is 0.348 e. The Labute approximate surface area is 206 Å². The van der Waals surface area contributed by atoms with Gasteiger partial charge in [0.1, 0.15) is 11.4 Å². The molecule has 0 spiro atoms. The third-order valence-corrected chi connectivity index (χ3v) is 6.62. The van der Waals surface area contributed by atoms with Crippen LogP contribution in [0.2, 0.25) is 0 Å². The van der Waals surface area contributed by atoms with E-state index in [1.54, 1.807) is 30.7 Å². The maximum absolute atomic E-state index is 12.7. The molecule has 0 saturated carbocycles. The van der Waals surface area contributed by atoms with E-state index in [0.717, 1.165) is 30.8 Å². The van der Waals surface area contributed by atoms with Crippen LogP contribution >= 0.6 is 0 Å². The van der Waals surface area contributed by atoms with Gasteiger partial charge in [-0.2, -0.15) is 5.10 Å². The van der Waals surface area contributed by atoms with Gasteiger partial charge >= 0.3 is 5.69 Å². The first-order chi connectivity index (χ1) is 16.9. The van der Waals surface area contributed by atoms with Crippen LogP contribution in [-0.2, 0) is 19.6 Å². The van der Waals surface area contributed by atoms with Gasteiger partial charge in [-0.1, -0.05) is 49.2 Å². The Balaban J connectivity index is 1.33. The molecule has 8 heteroatoms. The second-order valence-corrected chi connectivity index (χ2v) is 9.32. The molecule has 3 aromatic rings. The summed E-state index contributed by atoms with van der Waals surface area (Å²) in [4.78, 5) is 26.0. The minimum Gasteiger partial charge on any atom is -0.348 e. The Hall–Kier alpha value is -3.52. The normalized spacial score (nSPS) is 14.5. The predicted molar refractivity (Wildman–Crippen MR) is 135 cm³/mol. The molecule has 1 aliphatic heterocycles. The third-order valence-electron chi connectivity index (χ3n) is 6.62. The lowest BCUT2D eigenvalue weighted by molar-refractivity contribution is -0.386. The van der Waals surface area contributed by atoms with Crippen molar-refractivity contribution in [3.05, 3.63) is 92.3 Å². The average molecular weight is 476 g/mol. The summed E-state index contributed by atoms with van der Waals surface area (Å²) in [6, 6.07) is 15.7. The monoisotopic (exact) mass is 475 g/mol. The molecule has 1 amide bonds. The number of aromatic nitrogens is 2. The Kier molecular flexibility index (Phi) is 7.92. The molecule has 35 heavy (non-hydrogen) atoms. The number of aryl methyl sites for hydroxylation is 1. The second-order valence-electron chi connectivity index (χ2n) is 9.32. The van der Waals surface area contributed by atoms with E-state index in [2.05, 4.69) is 33.5 Å². The van der Waals surface area contributed by atoms with E-state index >= 15 is 0 Å². The molecule has 0 aliphatic carbocycles. The van der Waals surface area contributed by atoms with E-state index in [-0.39, 0.29) is 11.6 Å². The van der Waals surface area contributed by atoms with Crippen molar-refractivity contribution in [2.45, 2.75) is 59.2 Å². The molecule has 1 aliphatic rings. The number of carbonyl (C=O) groups is 1. The first kappa shape index (κ1) is 24.6. The van der Waals surface area contributed by atoms with Gasteiger partial charge in [-0.15, -0.1) is 0 Å². The van der Waals surface area contributed by atoms with Crippen LogP contribution in [-0.4, -0.2) is 38.6 Å². The van der Waals surface area contributed by atoms with Gasteiger partial charge in [0.15, 0.2) is 0 Å². The molecule has 0 unspecified atom stereocenters. The average Bonchev–Trinajstić information content (AvgIpc) is 2.99. The minimum absolute atomic E-state index is 0.0523. The second kappa shape index (κ2) is 11.3. The third kappa shape index (κ3) is 6.33. The maximum Gasteiger partial charge on any atom is 0.312 e. The Morgan fingerprint density at radius 3 is 2.31 bits per heavy atom. The van der Waals surface area contributed by atoms with E-state index in [1.807, 2.05) is 18.2 Å². The highest BCUT2D eigenvalue weighted by molar-refractivity contribution is 5.94. The lowest BCUT2D eigenvalue weighted by atomic mass is 10.1. The summed E-state index contributed by atoms with van der Waals surface area (Å²) < 4.78 is 1.63. The molecule has 0 radical (unpaired) electrons. The van der Waals surface area contributed by atoms with Crippen molar-refractivity contribution in [2.75, 3.05) is 13.1 Å². The molecule has 0 bridgehead atoms. The zero-order chi connectivity index (χ0) is 24.8.